The molecule has 0 aromatic carbocycles. The molecule has 0 aliphatic carbocycles. The number of hydrogen-bond acceptors (Lipinski definition) is 4. The van der Waals surface area contributed by atoms with Gasteiger partial charge in [-0.05, 0) is 0 Å². The molecular formula is C8H11N5. The predicted octanol–water partition coefficient (Wildman–Crippen LogP) is 0.618. The van der Waals surface area contributed by atoms with Crippen molar-refractivity contribution in [3.05, 3.63) is 24.5 Å². The number of fused-ring (bicyclic) bond motifs is 1. The fraction of sp³-hybridized carbons (Fsp3) is 0.250. The third-order valence-corrected chi connectivity index (χ3v) is 1.60. The number of anilines is 1. The third kappa shape index (κ3) is 1.59. The van der Waals surface area contributed by atoms with Gasteiger partial charge in [-0.1, -0.05) is 0 Å². The van der Waals surface area contributed by atoms with Crippen LogP contribution in [0.1, 0.15) is 0 Å². The Morgan fingerprint density at radius 2 is 2.23 bits per heavy atom. The van der Waals surface area contributed by atoms with Crippen LogP contribution in [0.25, 0.3) is 5.65 Å². The molecular weight excluding hydrogens is 166 g/mol. The maximum Gasteiger partial charge on any atom is 0.157 e. The fourth-order valence-electron chi connectivity index (χ4n) is 1.10. The van der Waals surface area contributed by atoms with E-state index >= 15 is 0 Å². The molecule has 68 valence electrons. The molecule has 0 aliphatic rings. The quantitative estimate of drug-likeness (QED) is 0.683. The number of rotatable bonds is 2. The summed E-state index contributed by atoms with van der Waals surface area (Å²) in [5, 5.41) is 5.89. The molecule has 2 aromatic rings. The van der Waals surface area contributed by atoms with Crippen molar-refractivity contribution in [3.63, 3.8) is 0 Å². The van der Waals surface area contributed by atoms with Gasteiger partial charge in [0.05, 0.1) is 6.20 Å². The van der Waals surface area contributed by atoms with Gasteiger partial charge in [-0.25, -0.2) is 14.5 Å². The average molecular weight is 177 g/mol. The molecule has 5 heteroatoms. The highest BCUT2D eigenvalue weighted by Gasteiger charge is 1.97. The second kappa shape index (κ2) is 3.02. The molecule has 0 aliphatic heterocycles. The monoisotopic (exact) mass is 177 g/mol. The van der Waals surface area contributed by atoms with Gasteiger partial charge < -0.3 is 5.43 Å². The summed E-state index contributed by atoms with van der Waals surface area (Å²) in [5.41, 5.74) is 3.91. The lowest BCUT2D eigenvalue weighted by Gasteiger charge is -2.11. The van der Waals surface area contributed by atoms with Gasteiger partial charge in [0.2, 0.25) is 0 Å². The second-order valence-electron chi connectivity index (χ2n) is 2.95. The van der Waals surface area contributed by atoms with Gasteiger partial charge in [0.15, 0.2) is 5.65 Å². The topological polar surface area (TPSA) is 45.5 Å². The maximum absolute atomic E-state index is 4.32. The Balaban J connectivity index is 2.37. The van der Waals surface area contributed by atoms with Crippen LogP contribution in [0.3, 0.4) is 0 Å². The maximum atomic E-state index is 4.32. The molecule has 5 nitrogen and oxygen atoms in total. The van der Waals surface area contributed by atoms with Crippen LogP contribution in [0.15, 0.2) is 24.5 Å². The highest BCUT2D eigenvalue weighted by molar-refractivity contribution is 5.44. The number of aromatic nitrogens is 3. The minimum atomic E-state index is 0.818. The Bertz CT molecular complexity index is 406. The van der Waals surface area contributed by atoms with Crippen LogP contribution in [0.5, 0.6) is 0 Å². The van der Waals surface area contributed by atoms with Crippen molar-refractivity contribution in [1.29, 1.82) is 0 Å². The number of hydrogen-bond donors (Lipinski definition) is 1. The first-order valence-corrected chi connectivity index (χ1v) is 4.00. The molecule has 0 saturated carbocycles. The molecule has 0 radical (unpaired) electrons. The first-order valence-electron chi connectivity index (χ1n) is 4.00. The zero-order valence-corrected chi connectivity index (χ0v) is 7.60. The Morgan fingerprint density at radius 1 is 1.38 bits per heavy atom. The Labute approximate surface area is 76.0 Å². The summed E-state index contributed by atoms with van der Waals surface area (Å²) in [6, 6.07) is 3.74. The zero-order chi connectivity index (χ0) is 9.26. The smallest absolute Gasteiger partial charge is 0.157 e. The minimum Gasteiger partial charge on any atom is -0.304 e. The van der Waals surface area contributed by atoms with E-state index in [1.165, 1.54) is 0 Å². The van der Waals surface area contributed by atoms with Gasteiger partial charge in [0, 0.05) is 32.4 Å². The first-order chi connectivity index (χ1) is 6.25. The second-order valence-corrected chi connectivity index (χ2v) is 2.95. The van der Waals surface area contributed by atoms with Gasteiger partial charge in [0.25, 0.3) is 0 Å². The summed E-state index contributed by atoms with van der Waals surface area (Å²) in [6.07, 6.45) is 3.59. The largest absolute Gasteiger partial charge is 0.304 e. The van der Waals surface area contributed by atoms with E-state index in [1.807, 2.05) is 37.4 Å². The number of hydrazine groups is 1. The lowest BCUT2D eigenvalue weighted by Crippen LogP contribution is -2.20. The zero-order valence-electron chi connectivity index (χ0n) is 7.60. The van der Waals surface area contributed by atoms with E-state index in [4.69, 9.17) is 0 Å². The molecule has 0 spiro atoms. The minimum absolute atomic E-state index is 0.818. The molecule has 0 unspecified atom stereocenters. The Kier molecular flexibility index (Phi) is 1.86. The van der Waals surface area contributed by atoms with E-state index in [0.717, 1.165) is 11.5 Å². The highest BCUT2D eigenvalue weighted by Crippen LogP contribution is 2.05. The lowest BCUT2D eigenvalue weighted by atomic mass is 10.5. The highest BCUT2D eigenvalue weighted by atomic mass is 15.5. The molecule has 0 amide bonds. The molecule has 13 heavy (non-hydrogen) atoms. The van der Waals surface area contributed by atoms with Gasteiger partial charge in [0.1, 0.15) is 5.82 Å². The van der Waals surface area contributed by atoms with E-state index in [-0.39, 0.29) is 0 Å². The van der Waals surface area contributed by atoms with Crippen LogP contribution in [0, 0.1) is 0 Å². The predicted molar refractivity (Wildman–Crippen MR) is 50.3 cm³/mol. The Hall–Kier alpha value is -1.62. The molecule has 0 atom stereocenters. The van der Waals surface area contributed by atoms with Crippen LogP contribution in [-0.4, -0.2) is 33.7 Å². The summed E-state index contributed by atoms with van der Waals surface area (Å²) in [5.74, 6) is 0.818. The van der Waals surface area contributed by atoms with Gasteiger partial charge >= 0.3 is 0 Å². The van der Waals surface area contributed by atoms with Crippen LogP contribution >= 0.6 is 0 Å². The molecule has 0 bridgehead atoms. The average Bonchev–Trinajstić information content (AvgIpc) is 2.49. The summed E-state index contributed by atoms with van der Waals surface area (Å²) in [7, 11) is 3.84. The van der Waals surface area contributed by atoms with Crippen LogP contribution in [0.2, 0.25) is 0 Å². The van der Waals surface area contributed by atoms with Crippen molar-refractivity contribution >= 4 is 11.5 Å². The van der Waals surface area contributed by atoms with Crippen molar-refractivity contribution < 1.29 is 0 Å². The molecule has 0 fully saturated rings. The van der Waals surface area contributed by atoms with Crippen molar-refractivity contribution in [1.82, 2.24) is 19.6 Å². The van der Waals surface area contributed by atoms with Crippen molar-refractivity contribution in [3.8, 4) is 0 Å². The molecule has 0 saturated heterocycles. The van der Waals surface area contributed by atoms with E-state index in [1.54, 1.807) is 10.7 Å². The summed E-state index contributed by atoms with van der Waals surface area (Å²) in [4.78, 5) is 4.32. The number of nitrogens with one attached hydrogen (secondary N) is 1. The molecule has 1 N–H and O–H groups in total. The van der Waals surface area contributed by atoms with Crippen LogP contribution < -0.4 is 5.43 Å². The standard InChI is InChI=1S/C8H11N5/c1-12(2)11-7-4-6-13-8(10-7)3-5-9-13/h3-6H,1-2H3,(H,10,11). The SMILES string of the molecule is CN(C)Nc1ccn2nccc2n1. The summed E-state index contributed by atoms with van der Waals surface area (Å²) in [6.45, 7) is 0. The van der Waals surface area contributed by atoms with E-state index in [2.05, 4.69) is 15.5 Å². The van der Waals surface area contributed by atoms with Crippen molar-refractivity contribution in [2.45, 2.75) is 0 Å². The normalized spacial score (nSPS) is 11.0. The van der Waals surface area contributed by atoms with Crippen LogP contribution in [0.4, 0.5) is 5.82 Å². The van der Waals surface area contributed by atoms with Gasteiger partial charge in [-0.15, -0.1) is 0 Å². The van der Waals surface area contributed by atoms with Gasteiger partial charge in [-0.3, -0.25) is 0 Å². The van der Waals surface area contributed by atoms with Crippen LogP contribution in [-0.2, 0) is 0 Å². The lowest BCUT2D eigenvalue weighted by molar-refractivity contribution is 0.492. The van der Waals surface area contributed by atoms with Gasteiger partial charge in [-0.2, -0.15) is 5.10 Å². The van der Waals surface area contributed by atoms with E-state index in [9.17, 15) is 0 Å². The summed E-state index contributed by atoms with van der Waals surface area (Å²) < 4.78 is 1.72. The van der Waals surface area contributed by atoms with Crippen molar-refractivity contribution in [2.24, 2.45) is 0 Å². The first kappa shape index (κ1) is 8.00. The molecule has 2 aromatic heterocycles. The fourth-order valence-corrected chi connectivity index (χ4v) is 1.10. The molecule has 2 rings (SSSR count). The van der Waals surface area contributed by atoms with E-state index in [0.29, 0.717) is 0 Å². The number of nitrogens with zero attached hydrogens (tertiary/aromatic N) is 4. The van der Waals surface area contributed by atoms with Crippen molar-refractivity contribution in [2.75, 3.05) is 19.5 Å². The molecule has 2 heterocycles. The summed E-state index contributed by atoms with van der Waals surface area (Å²) >= 11 is 0. The third-order valence-electron chi connectivity index (χ3n) is 1.60. The Morgan fingerprint density at radius 3 is 3.00 bits per heavy atom. The van der Waals surface area contributed by atoms with E-state index < -0.39 is 0 Å².